The second kappa shape index (κ2) is 5.98. The van der Waals surface area contributed by atoms with Gasteiger partial charge in [0, 0.05) is 19.8 Å². The highest BCUT2D eigenvalue weighted by Gasteiger charge is 2.15. The van der Waals surface area contributed by atoms with Crippen molar-refractivity contribution in [3.63, 3.8) is 0 Å². The van der Waals surface area contributed by atoms with Crippen molar-refractivity contribution in [2.45, 2.75) is 12.8 Å². The molecule has 1 aliphatic heterocycles. The molecule has 1 saturated heterocycles. The minimum Gasteiger partial charge on any atom is -0.381 e. The number of hydrogen-bond acceptors (Lipinski definition) is 3. The van der Waals surface area contributed by atoms with E-state index < -0.39 is 0 Å². The molecule has 1 N–H and O–H groups in total. The zero-order valence-corrected chi connectivity index (χ0v) is 10.2. The van der Waals surface area contributed by atoms with E-state index >= 15 is 0 Å². The second-order valence-electron chi connectivity index (χ2n) is 4.11. The number of aromatic nitrogens is 1. The normalized spacial score (nSPS) is 16.8. The van der Waals surface area contributed by atoms with E-state index in [0.29, 0.717) is 23.3 Å². The highest BCUT2D eigenvalue weighted by atomic mass is 35.5. The summed E-state index contributed by atoms with van der Waals surface area (Å²) in [5, 5.41) is 3.22. The summed E-state index contributed by atoms with van der Waals surface area (Å²) in [6, 6.07) is 5.03. The lowest BCUT2D eigenvalue weighted by Gasteiger charge is -2.22. The number of pyridine rings is 1. The number of nitrogens with zero attached hydrogens (tertiary/aromatic N) is 1. The highest BCUT2D eigenvalue weighted by molar-refractivity contribution is 6.29. The topological polar surface area (TPSA) is 51.2 Å². The van der Waals surface area contributed by atoms with Gasteiger partial charge in [0.2, 0.25) is 0 Å². The minimum absolute atomic E-state index is 0.168. The van der Waals surface area contributed by atoms with Crippen molar-refractivity contribution in [2.75, 3.05) is 19.8 Å². The lowest BCUT2D eigenvalue weighted by atomic mass is 10.0. The maximum absolute atomic E-state index is 11.8. The van der Waals surface area contributed by atoms with Crippen LogP contribution < -0.4 is 5.32 Å². The van der Waals surface area contributed by atoms with E-state index in [1.807, 2.05) is 0 Å². The van der Waals surface area contributed by atoms with Crippen molar-refractivity contribution in [2.24, 2.45) is 5.92 Å². The molecule has 5 heteroatoms. The Bertz CT molecular complexity index is 392. The summed E-state index contributed by atoms with van der Waals surface area (Å²) in [7, 11) is 0. The molecule has 2 heterocycles. The van der Waals surface area contributed by atoms with Gasteiger partial charge in [-0.3, -0.25) is 4.79 Å². The van der Waals surface area contributed by atoms with Gasteiger partial charge >= 0.3 is 0 Å². The monoisotopic (exact) mass is 254 g/mol. The SMILES string of the molecule is O=C(NCC1CCOCC1)c1cccc(Cl)n1. The van der Waals surface area contributed by atoms with Gasteiger partial charge in [-0.05, 0) is 30.9 Å². The standard InChI is InChI=1S/C12H15ClN2O2/c13-11-3-1-2-10(15-11)12(16)14-8-9-4-6-17-7-5-9/h1-3,9H,4-8H2,(H,14,16). The molecule has 0 aromatic carbocycles. The molecule has 0 radical (unpaired) electrons. The number of rotatable bonds is 3. The second-order valence-corrected chi connectivity index (χ2v) is 4.50. The molecule has 1 amide bonds. The molecule has 92 valence electrons. The Morgan fingerprint density at radius 2 is 2.24 bits per heavy atom. The van der Waals surface area contributed by atoms with Gasteiger partial charge in [0.25, 0.3) is 5.91 Å². The lowest BCUT2D eigenvalue weighted by molar-refractivity contribution is 0.0642. The third-order valence-electron chi connectivity index (χ3n) is 2.84. The van der Waals surface area contributed by atoms with E-state index in [-0.39, 0.29) is 5.91 Å². The molecule has 0 spiro atoms. The molecule has 1 aliphatic rings. The Morgan fingerprint density at radius 3 is 2.94 bits per heavy atom. The van der Waals surface area contributed by atoms with Crippen LogP contribution in [0.3, 0.4) is 0 Å². The third-order valence-corrected chi connectivity index (χ3v) is 3.05. The van der Waals surface area contributed by atoms with Gasteiger partial charge in [0.15, 0.2) is 0 Å². The molecule has 2 rings (SSSR count). The molecule has 0 unspecified atom stereocenters. The Balaban J connectivity index is 1.84. The van der Waals surface area contributed by atoms with Crippen LogP contribution in [0.5, 0.6) is 0 Å². The first-order chi connectivity index (χ1) is 8.25. The van der Waals surface area contributed by atoms with Crippen LogP contribution in [0.1, 0.15) is 23.3 Å². The molecule has 0 aliphatic carbocycles. The van der Waals surface area contributed by atoms with Crippen LogP contribution in [0.25, 0.3) is 0 Å². The van der Waals surface area contributed by atoms with Crippen LogP contribution in [0, 0.1) is 5.92 Å². The summed E-state index contributed by atoms with van der Waals surface area (Å²) in [6.45, 7) is 2.25. The largest absolute Gasteiger partial charge is 0.381 e. The smallest absolute Gasteiger partial charge is 0.269 e. The van der Waals surface area contributed by atoms with Gasteiger partial charge in [-0.25, -0.2) is 4.98 Å². The van der Waals surface area contributed by atoms with Crippen LogP contribution >= 0.6 is 11.6 Å². The molecule has 4 nitrogen and oxygen atoms in total. The Labute approximate surface area is 105 Å². The highest BCUT2D eigenvalue weighted by Crippen LogP contribution is 2.13. The van der Waals surface area contributed by atoms with Crippen LogP contribution in [0.15, 0.2) is 18.2 Å². The molecule has 0 atom stereocenters. The maximum atomic E-state index is 11.8. The minimum atomic E-state index is -0.168. The molecular weight excluding hydrogens is 240 g/mol. The van der Waals surface area contributed by atoms with E-state index in [1.54, 1.807) is 18.2 Å². The van der Waals surface area contributed by atoms with E-state index in [1.165, 1.54) is 0 Å². The van der Waals surface area contributed by atoms with E-state index in [0.717, 1.165) is 26.1 Å². The number of ether oxygens (including phenoxy) is 1. The van der Waals surface area contributed by atoms with Gasteiger partial charge in [0.05, 0.1) is 0 Å². The van der Waals surface area contributed by atoms with E-state index in [9.17, 15) is 4.79 Å². The number of carbonyl (C=O) groups is 1. The van der Waals surface area contributed by atoms with Gasteiger partial charge in [-0.1, -0.05) is 17.7 Å². The lowest BCUT2D eigenvalue weighted by Crippen LogP contribution is -2.32. The quantitative estimate of drug-likeness (QED) is 0.838. The number of carbonyl (C=O) groups excluding carboxylic acids is 1. The summed E-state index contributed by atoms with van der Waals surface area (Å²) >= 11 is 5.73. The van der Waals surface area contributed by atoms with E-state index in [2.05, 4.69) is 10.3 Å². The van der Waals surface area contributed by atoms with Gasteiger partial charge in [-0.15, -0.1) is 0 Å². The number of halogens is 1. The summed E-state index contributed by atoms with van der Waals surface area (Å²) in [5.74, 6) is 0.339. The molecule has 0 bridgehead atoms. The Hall–Kier alpha value is -1.13. The molecular formula is C12H15ClN2O2. The average Bonchev–Trinajstić information content (AvgIpc) is 2.37. The van der Waals surface area contributed by atoms with Gasteiger partial charge in [0.1, 0.15) is 10.8 Å². The van der Waals surface area contributed by atoms with Crippen LogP contribution in [0.4, 0.5) is 0 Å². The molecule has 17 heavy (non-hydrogen) atoms. The fourth-order valence-electron chi connectivity index (χ4n) is 1.81. The van der Waals surface area contributed by atoms with Crippen LogP contribution in [0.2, 0.25) is 5.15 Å². The Kier molecular flexibility index (Phi) is 4.34. The molecule has 0 saturated carbocycles. The first-order valence-corrected chi connectivity index (χ1v) is 6.12. The van der Waals surface area contributed by atoms with Crippen molar-refractivity contribution >= 4 is 17.5 Å². The summed E-state index contributed by atoms with van der Waals surface area (Å²) in [5.41, 5.74) is 0.365. The van der Waals surface area contributed by atoms with Crippen LogP contribution in [-0.2, 0) is 4.74 Å². The molecule has 1 aromatic heterocycles. The Morgan fingerprint density at radius 1 is 1.47 bits per heavy atom. The van der Waals surface area contributed by atoms with Crippen molar-refractivity contribution in [1.29, 1.82) is 0 Å². The first-order valence-electron chi connectivity index (χ1n) is 5.74. The predicted octanol–water partition coefficient (Wildman–Crippen LogP) is 1.89. The predicted molar refractivity (Wildman–Crippen MR) is 65.1 cm³/mol. The third kappa shape index (κ3) is 3.68. The molecule has 1 aromatic rings. The molecule has 1 fully saturated rings. The first kappa shape index (κ1) is 12.3. The summed E-state index contributed by atoms with van der Waals surface area (Å²) in [4.78, 5) is 15.7. The van der Waals surface area contributed by atoms with Crippen molar-refractivity contribution in [3.05, 3.63) is 29.0 Å². The zero-order valence-electron chi connectivity index (χ0n) is 9.49. The zero-order chi connectivity index (χ0) is 12.1. The van der Waals surface area contributed by atoms with Crippen LogP contribution in [-0.4, -0.2) is 30.6 Å². The van der Waals surface area contributed by atoms with Crippen molar-refractivity contribution in [3.8, 4) is 0 Å². The summed E-state index contributed by atoms with van der Waals surface area (Å²) in [6.07, 6.45) is 2.01. The number of amides is 1. The fraction of sp³-hybridized carbons (Fsp3) is 0.500. The fourth-order valence-corrected chi connectivity index (χ4v) is 1.98. The van der Waals surface area contributed by atoms with Crippen molar-refractivity contribution in [1.82, 2.24) is 10.3 Å². The number of nitrogens with one attached hydrogen (secondary N) is 1. The van der Waals surface area contributed by atoms with E-state index in [4.69, 9.17) is 16.3 Å². The van der Waals surface area contributed by atoms with Gasteiger partial charge in [-0.2, -0.15) is 0 Å². The summed E-state index contributed by atoms with van der Waals surface area (Å²) < 4.78 is 5.26. The number of hydrogen-bond donors (Lipinski definition) is 1. The average molecular weight is 255 g/mol. The van der Waals surface area contributed by atoms with Crippen molar-refractivity contribution < 1.29 is 9.53 Å². The maximum Gasteiger partial charge on any atom is 0.269 e. The van der Waals surface area contributed by atoms with Gasteiger partial charge < -0.3 is 10.1 Å².